The molecule has 2 heterocycles. The SMILES string of the molecule is CCNC(=NCc1ccnc(-n2cccn2)c1)NCC1(CC)CCCC1.I. The third kappa shape index (κ3) is 5.92. The molecule has 0 unspecified atom stereocenters. The molecule has 0 radical (unpaired) electrons. The summed E-state index contributed by atoms with van der Waals surface area (Å²) in [4.78, 5) is 9.14. The summed E-state index contributed by atoms with van der Waals surface area (Å²) in [7, 11) is 0. The highest BCUT2D eigenvalue weighted by Crippen LogP contribution is 2.40. The Kier molecular flexibility index (Phi) is 8.53. The van der Waals surface area contributed by atoms with Gasteiger partial charge in [-0.05, 0) is 55.4 Å². The summed E-state index contributed by atoms with van der Waals surface area (Å²) in [6.07, 6.45) is 12.1. The van der Waals surface area contributed by atoms with Crippen LogP contribution in [0.15, 0.2) is 41.8 Å². The van der Waals surface area contributed by atoms with E-state index in [1.165, 1.54) is 32.1 Å². The van der Waals surface area contributed by atoms with Crippen molar-refractivity contribution in [3.63, 3.8) is 0 Å². The summed E-state index contributed by atoms with van der Waals surface area (Å²) in [6.45, 7) is 6.89. The van der Waals surface area contributed by atoms with E-state index in [0.717, 1.165) is 30.4 Å². The van der Waals surface area contributed by atoms with Crippen molar-refractivity contribution in [3.05, 3.63) is 42.4 Å². The predicted octanol–water partition coefficient (Wildman–Crippen LogP) is 3.91. The van der Waals surface area contributed by atoms with Crippen molar-refractivity contribution in [2.75, 3.05) is 13.1 Å². The summed E-state index contributed by atoms with van der Waals surface area (Å²) in [5, 5.41) is 11.2. The Morgan fingerprint density at radius 2 is 2.04 bits per heavy atom. The number of nitrogens with zero attached hydrogens (tertiary/aromatic N) is 4. The second-order valence-electron chi connectivity index (χ2n) is 7.08. The molecule has 2 N–H and O–H groups in total. The van der Waals surface area contributed by atoms with E-state index in [2.05, 4.69) is 34.6 Å². The van der Waals surface area contributed by atoms with Crippen LogP contribution in [-0.2, 0) is 6.54 Å². The van der Waals surface area contributed by atoms with E-state index in [0.29, 0.717) is 12.0 Å². The summed E-state index contributed by atoms with van der Waals surface area (Å²) < 4.78 is 1.77. The summed E-state index contributed by atoms with van der Waals surface area (Å²) in [5.41, 5.74) is 1.56. The van der Waals surface area contributed by atoms with Gasteiger partial charge in [0.2, 0.25) is 0 Å². The smallest absolute Gasteiger partial charge is 0.191 e. The van der Waals surface area contributed by atoms with Gasteiger partial charge in [-0.2, -0.15) is 5.10 Å². The normalized spacial score (nSPS) is 16.0. The number of nitrogens with one attached hydrogen (secondary N) is 2. The van der Waals surface area contributed by atoms with Gasteiger partial charge in [-0.3, -0.25) is 0 Å². The van der Waals surface area contributed by atoms with Crippen LogP contribution < -0.4 is 10.6 Å². The molecule has 0 amide bonds. The molecule has 0 spiro atoms. The van der Waals surface area contributed by atoms with Gasteiger partial charge in [0.05, 0.1) is 6.54 Å². The lowest BCUT2D eigenvalue weighted by Crippen LogP contribution is -2.42. The van der Waals surface area contributed by atoms with E-state index in [-0.39, 0.29) is 24.0 Å². The zero-order chi connectivity index (χ0) is 18.2. The molecule has 1 saturated carbocycles. The molecular weight excluding hydrogens is 451 g/mol. The van der Waals surface area contributed by atoms with Gasteiger partial charge in [0.25, 0.3) is 0 Å². The van der Waals surface area contributed by atoms with Crippen LogP contribution in [0.5, 0.6) is 0 Å². The lowest BCUT2D eigenvalue weighted by molar-refractivity contribution is 0.283. The first-order chi connectivity index (χ1) is 12.7. The van der Waals surface area contributed by atoms with Crippen LogP contribution in [0.2, 0.25) is 0 Å². The molecule has 0 bridgehead atoms. The molecule has 0 saturated heterocycles. The van der Waals surface area contributed by atoms with E-state index < -0.39 is 0 Å². The Hall–Kier alpha value is -1.64. The Bertz CT molecular complexity index is 707. The fourth-order valence-corrected chi connectivity index (χ4v) is 3.65. The maximum atomic E-state index is 4.77. The van der Waals surface area contributed by atoms with E-state index in [1.807, 2.05) is 30.6 Å². The molecular formula is C20H31IN6. The fourth-order valence-electron chi connectivity index (χ4n) is 3.65. The lowest BCUT2D eigenvalue weighted by Gasteiger charge is -2.28. The van der Waals surface area contributed by atoms with Gasteiger partial charge in [0, 0.05) is 31.7 Å². The molecule has 6 nitrogen and oxygen atoms in total. The van der Waals surface area contributed by atoms with Crippen LogP contribution in [0.1, 0.15) is 51.5 Å². The number of aliphatic imine (C=N–C) groups is 1. The molecule has 1 aliphatic rings. The Labute approximate surface area is 179 Å². The first-order valence-electron chi connectivity index (χ1n) is 9.72. The van der Waals surface area contributed by atoms with Crippen molar-refractivity contribution in [1.82, 2.24) is 25.4 Å². The number of halogens is 1. The Morgan fingerprint density at radius 1 is 1.22 bits per heavy atom. The minimum atomic E-state index is 0. The second kappa shape index (κ2) is 10.6. The summed E-state index contributed by atoms with van der Waals surface area (Å²) in [6, 6.07) is 5.93. The number of hydrogen-bond acceptors (Lipinski definition) is 3. The lowest BCUT2D eigenvalue weighted by atomic mass is 9.83. The fraction of sp³-hybridized carbons (Fsp3) is 0.550. The standard InChI is InChI=1S/C20H30N6.HI/c1-3-20(9-5-6-10-20)16-24-19(21-4-2)23-15-17-8-12-22-18(14-17)26-13-7-11-25-26;/h7-8,11-14H,3-6,9-10,15-16H2,1-2H3,(H2,21,23,24);1H. The highest BCUT2D eigenvalue weighted by atomic mass is 127. The Morgan fingerprint density at radius 3 is 2.70 bits per heavy atom. The van der Waals surface area contributed by atoms with Crippen molar-refractivity contribution in [2.24, 2.45) is 10.4 Å². The third-order valence-corrected chi connectivity index (χ3v) is 5.36. The second-order valence-corrected chi connectivity index (χ2v) is 7.08. The first kappa shape index (κ1) is 21.7. The highest BCUT2D eigenvalue weighted by molar-refractivity contribution is 14.0. The number of rotatable bonds is 7. The van der Waals surface area contributed by atoms with Gasteiger partial charge in [-0.15, -0.1) is 24.0 Å². The molecule has 1 aliphatic carbocycles. The van der Waals surface area contributed by atoms with Gasteiger partial charge in [-0.25, -0.2) is 14.7 Å². The molecule has 3 rings (SSSR count). The number of aromatic nitrogens is 3. The number of guanidine groups is 1. The van der Waals surface area contributed by atoms with E-state index in [4.69, 9.17) is 4.99 Å². The minimum Gasteiger partial charge on any atom is -0.357 e. The summed E-state index contributed by atoms with van der Waals surface area (Å²) in [5.74, 6) is 1.71. The Balaban J connectivity index is 0.00000261. The largest absolute Gasteiger partial charge is 0.357 e. The van der Waals surface area contributed by atoms with Crippen LogP contribution in [-0.4, -0.2) is 33.8 Å². The molecule has 0 aromatic carbocycles. The van der Waals surface area contributed by atoms with Gasteiger partial charge in [0.1, 0.15) is 0 Å². The van der Waals surface area contributed by atoms with Gasteiger partial charge < -0.3 is 10.6 Å². The first-order valence-corrected chi connectivity index (χ1v) is 9.72. The molecule has 0 atom stereocenters. The van der Waals surface area contributed by atoms with E-state index in [1.54, 1.807) is 10.9 Å². The van der Waals surface area contributed by atoms with Gasteiger partial charge >= 0.3 is 0 Å². The maximum Gasteiger partial charge on any atom is 0.191 e. The van der Waals surface area contributed by atoms with Gasteiger partial charge in [-0.1, -0.05) is 19.8 Å². The molecule has 0 aliphatic heterocycles. The molecule has 7 heteroatoms. The third-order valence-electron chi connectivity index (χ3n) is 5.36. The zero-order valence-corrected chi connectivity index (χ0v) is 18.6. The van der Waals surface area contributed by atoms with Crippen molar-refractivity contribution in [3.8, 4) is 5.82 Å². The van der Waals surface area contributed by atoms with Crippen molar-refractivity contribution in [1.29, 1.82) is 0 Å². The molecule has 1 fully saturated rings. The van der Waals surface area contributed by atoms with Crippen molar-refractivity contribution >= 4 is 29.9 Å². The van der Waals surface area contributed by atoms with E-state index >= 15 is 0 Å². The van der Waals surface area contributed by atoms with Crippen LogP contribution in [0, 0.1) is 5.41 Å². The zero-order valence-electron chi connectivity index (χ0n) is 16.3. The van der Waals surface area contributed by atoms with Gasteiger partial charge in [0.15, 0.2) is 11.8 Å². The predicted molar refractivity (Wildman–Crippen MR) is 121 cm³/mol. The van der Waals surface area contributed by atoms with Crippen LogP contribution in [0.25, 0.3) is 5.82 Å². The average Bonchev–Trinajstić information content (AvgIpc) is 3.37. The van der Waals surface area contributed by atoms with Crippen molar-refractivity contribution < 1.29 is 0 Å². The quantitative estimate of drug-likeness (QED) is 0.357. The van der Waals surface area contributed by atoms with Crippen LogP contribution in [0.3, 0.4) is 0 Å². The molecule has 2 aromatic heterocycles. The van der Waals surface area contributed by atoms with Crippen LogP contribution >= 0.6 is 24.0 Å². The van der Waals surface area contributed by atoms with Crippen molar-refractivity contribution in [2.45, 2.75) is 52.5 Å². The maximum absolute atomic E-state index is 4.77. The molecule has 27 heavy (non-hydrogen) atoms. The average molecular weight is 482 g/mol. The monoisotopic (exact) mass is 482 g/mol. The number of hydrogen-bond donors (Lipinski definition) is 2. The van der Waals surface area contributed by atoms with E-state index in [9.17, 15) is 0 Å². The summed E-state index contributed by atoms with van der Waals surface area (Å²) >= 11 is 0. The minimum absolute atomic E-state index is 0. The topological polar surface area (TPSA) is 67.1 Å². The van der Waals surface area contributed by atoms with Crippen LogP contribution in [0.4, 0.5) is 0 Å². The molecule has 2 aromatic rings. The number of pyridine rings is 1. The highest BCUT2D eigenvalue weighted by Gasteiger charge is 2.31. The molecule has 148 valence electrons.